The molecule has 1 heterocycles. The van der Waals surface area contributed by atoms with Gasteiger partial charge in [0.25, 0.3) is 0 Å². The summed E-state index contributed by atoms with van der Waals surface area (Å²) in [7, 11) is 1.60. The maximum Gasteiger partial charge on any atom is 0.221 e. The Bertz CT molecular complexity index is 724. The predicted molar refractivity (Wildman–Crippen MR) is 101 cm³/mol. The van der Waals surface area contributed by atoms with Gasteiger partial charge in [-0.05, 0) is 57.0 Å². The van der Waals surface area contributed by atoms with Gasteiger partial charge in [0, 0.05) is 28.8 Å². The van der Waals surface area contributed by atoms with Gasteiger partial charge in [-0.1, -0.05) is 6.07 Å². The number of benzene rings is 1. The molecule has 2 rings (SSSR count). The van der Waals surface area contributed by atoms with Crippen molar-refractivity contribution in [2.45, 2.75) is 46.7 Å². The predicted octanol–water partition coefficient (Wildman–Crippen LogP) is 4.74. The first-order chi connectivity index (χ1) is 11.3. The van der Waals surface area contributed by atoms with Crippen molar-refractivity contribution in [3.8, 4) is 5.75 Å². The van der Waals surface area contributed by atoms with E-state index in [2.05, 4.69) is 44.4 Å². The molecule has 24 heavy (non-hydrogen) atoms. The molecule has 130 valence electrons. The van der Waals surface area contributed by atoms with Crippen LogP contribution in [0.2, 0.25) is 0 Å². The van der Waals surface area contributed by atoms with Crippen molar-refractivity contribution < 1.29 is 9.53 Å². The molecule has 5 heteroatoms. The molecule has 2 N–H and O–H groups in total. The summed E-state index contributed by atoms with van der Waals surface area (Å²) in [5, 5.41) is 6.46. The molecule has 0 unspecified atom stereocenters. The highest BCUT2D eigenvalue weighted by atomic mass is 32.1. The third kappa shape index (κ3) is 4.36. The van der Waals surface area contributed by atoms with E-state index < -0.39 is 0 Å². The van der Waals surface area contributed by atoms with E-state index in [-0.39, 0.29) is 18.0 Å². The van der Waals surface area contributed by atoms with Gasteiger partial charge in [0.1, 0.15) is 5.75 Å². The molecule has 0 aliphatic carbocycles. The van der Waals surface area contributed by atoms with Gasteiger partial charge >= 0.3 is 0 Å². The highest BCUT2D eigenvalue weighted by Gasteiger charge is 2.16. The van der Waals surface area contributed by atoms with Gasteiger partial charge in [-0.15, -0.1) is 11.3 Å². The standard InChI is InChI=1S/C19H26N2O2S/c1-11-9-17(14(4)24-11)13(3)20-12(2)16-7-8-19(23-6)18(10-16)21-15(5)22/h7-10,12-13,20H,1-6H3,(H,21,22)/t12-,13-/m0/s1. The SMILES string of the molecule is COc1ccc([C@H](C)N[C@@H](C)c2cc(C)sc2C)cc1NC(C)=O. The molecule has 0 saturated carbocycles. The van der Waals surface area contributed by atoms with Crippen LogP contribution in [0.15, 0.2) is 24.3 Å². The number of hydrogen-bond acceptors (Lipinski definition) is 4. The molecule has 2 atom stereocenters. The van der Waals surface area contributed by atoms with Crippen LogP contribution in [-0.4, -0.2) is 13.0 Å². The lowest BCUT2D eigenvalue weighted by Gasteiger charge is -2.22. The van der Waals surface area contributed by atoms with E-state index in [1.165, 1.54) is 22.2 Å². The third-order valence-electron chi connectivity index (χ3n) is 4.08. The average molecular weight is 346 g/mol. The van der Waals surface area contributed by atoms with Crippen LogP contribution in [0.4, 0.5) is 5.69 Å². The summed E-state index contributed by atoms with van der Waals surface area (Å²) in [4.78, 5) is 14.1. The molecule has 1 amide bonds. The zero-order valence-corrected chi connectivity index (χ0v) is 16.0. The Morgan fingerprint density at radius 1 is 1.17 bits per heavy atom. The van der Waals surface area contributed by atoms with Gasteiger partial charge in [-0.25, -0.2) is 0 Å². The van der Waals surface area contributed by atoms with Crippen LogP contribution in [0.5, 0.6) is 5.75 Å². The maximum absolute atomic E-state index is 11.4. The average Bonchev–Trinajstić information content (AvgIpc) is 2.85. The molecule has 0 saturated heterocycles. The number of carbonyl (C=O) groups excluding carboxylic acids is 1. The van der Waals surface area contributed by atoms with E-state index in [9.17, 15) is 4.79 Å². The summed E-state index contributed by atoms with van der Waals surface area (Å²) in [5.74, 6) is 0.558. The number of ether oxygens (including phenoxy) is 1. The number of hydrogen-bond donors (Lipinski definition) is 2. The van der Waals surface area contributed by atoms with Crippen LogP contribution in [0.1, 0.15) is 53.7 Å². The summed E-state index contributed by atoms with van der Waals surface area (Å²) in [6, 6.07) is 8.55. The fourth-order valence-corrected chi connectivity index (χ4v) is 3.95. The number of anilines is 1. The van der Waals surface area contributed by atoms with Gasteiger partial charge in [0.05, 0.1) is 12.8 Å². The zero-order valence-electron chi connectivity index (χ0n) is 15.2. The van der Waals surface area contributed by atoms with Gasteiger partial charge in [-0.3, -0.25) is 4.79 Å². The largest absolute Gasteiger partial charge is 0.495 e. The highest BCUT2D eigenvalue weighted by molar-refractivity contribution is 7.12. The maximum atomic E-state index is 11.4. The lowest BCUT2D eigenvalue weighted by Crippen LogP contribution is -2.22. The van der Waals surface area contributed by atoms with E-state index in [0.29, 0.717) is 11.4 Å². The Balaban J connectivity index is 2.18. The van der Waals surface area contributed by atoms with E-state index in [1.54, 1.807) is 7.11 Å². The fraction of sp³-hybridized carbons (Fsp3) is 0.421. The number of aryl methyl sites for hydroxylation is 2. The molecular weight excluding hydrogens is 320 g/mol. The molecular formula is C19H26N2O2S. The Morgan fingerprint density at radius 2 is 1.88 bits per heavy atom. The summed E-state index contributed by atoms with van der Waals surface area (Å²) >= 11 is 1.83. The molecule has 0 fully saturated rings. The van der Waals surface area contributed by atoms with Crippen molar-refractivity contribution in [3.05, 3.63) is 45.1 Å². The van der Waals surface area contributed by atoms with Crippen molar-refractivity contribution in [1.29, 1.82) is 0 Å². The first-order valence-electron chi connectivity index (χ1n) is 8.10. The Labute approximate surface area is 148 Å². The second-order valence-corrected chi connectivity index (χ2v) is 7.58. The number of rotatable bonds is 6. The first kappa shape index (κ1) is 18.5. The van der Waals surface area contributed by atoms with Crippen molar-refractivity contribution in [1.82, 2.24) is 5.32 Å². The van der Waals surface area contributed by atoms with Crippen molar-refractivity contribution in [2.75, 3.05) is 12.4 Å². The van der Waals surface area contributed by atoms with Gasteiger partial charge < -0.3 is 15.4 Å². The molecule has 1 aromatic carbocycles. The lowest BCUT2D eigenvalue weighted by molar-refractivity contribution is -0.114. The molecule has 0 aliphatic rings. The minimum atomic E-state index is -0.108. The first-order valence-corrected chi connectivity index (χ1v) is 8.92. The number of carbonyl (C=O) groups is 1. The summed E-state index contributed by atoms with van der Waals surface area (Å²) in [5.41, 5.74) is 3.15. The molecule has 4 nitrogen and oxygen atoms in total. The quantitative estimate of drug-likeness (QED) is 0.794. The zero-order chi connectivity index (χ0) is 17.9. The van der Waals surface area contributed by atoms with E-state index in [4.69, 9.17) is 4.74 Å². The Morgan fingerprint density at radius 3 is 2.42 bits per heavy atom. The van der Waals surface area contributed by atoms with Crippen molar-refractivity contribution >= 4 is 22.9 Å². The number of nitrogens with one attached hydrogen (secondary N) is 2. The highest BCUT2D eigenvalue weighted by Crippen LogP contribution is 2.31. The molecule has 0 aliphatic heterocycles. The van der Waals surface area contributed by atoms with Crippen LogP contribution in [0.25, 0.3) is 0 Å². The third-order valence-corrected chi connectivity index (χ3v) is 5.06. The molecule has 1 aromatic heterocycles. The number of amides is 1. The van der Waals surface area contributed by atoms with E-state index in [1.807, 2.05) is 29.5 Å². The summed E-state index contributed by atoms with van der Waals surface area (Å²) < 4.78 is 5.32. The van der Waals surface area contributed by atoms with Gasteiger partial charge in [-0.2, -0.15) is 0 Å². The minimum Gasteiger partial charge on any atom is -0.495 e. The van der Waals surface area contributed by atoms with Crippen LogP contribution < -0.4 is 15.4 Å². The fourth-order valence-electron chi connectivity index (χ4n) is 2.92. The Hall–Kier alpha value is -1.85. The van der Waals surface area contributed by atoms with E-state index in [0.717, 1.165) is 5.56 Å². The van der Waals surface area contributed by atoms with Gasteiger partial charge in [0.15, 0.2) is 0 Å². The van der Waals surface area contributed by atoms with Crippen molar-refractivity contribution in [3.63, 3.8) is 0 Å². The van der Waals surface area contributed by atoms with Crippen LogP contribution >= 0.6 is 11.3 Å². The molecule has 2 aromatic rings. The smallest absolute Gasteiger partial charge is 0.221 e. The van der Waals surface area contributed by atoms with Crippen molar-refractivity contribution in [2.24, 2.45) is 0 Å². The molecule has 0 bridgehead atoms. The number of methoxy groups -OCH3 is 1. The van der Waals surface area contributed by atoms with Gasteiger partial charge in [0.2, 0.25) is 5.91 Å². The lowest BCUT2D eigenvalue weighted by atomic mass is 10.0. The minimum absolute atomic E-state index is 0.108. The topological polar surface area (TPSA) is 50.4 Å². The second kappa shape index (κ2) is 7.81. The number of thiophene rings is 1. The van der Waals surface area contributed by atoms with E-state index >= 15 is 0 Å². The van der Waals surface area contributed by atoms with Crippen LogP contribution in [0, 0.1) is 13.8 Å². The normalized spacial score (nSPS) is 13.4. The molecule has 0 spiro atoms. The van der Waals surface area contributed by atoms with Crippen LogP contribution in [-0.2, 0) is 4.79 Å². The monoisotopic (exact) mass is 346 g/mol. The molecule has 0 radical (unpaired) electrons. The summed E-state index contributed by atoms with van der Waals surface area (Å²) in [6.45, 7) is 10.1. The Kier molecular flexibility index (Phi) is 6.02. The summed E-state index contributed by atoms with van der Waals surface area (Å²) in [6.07, 6.45) is 0. The van der Waals surface area contributed by atoms with Crippen LogP contribution in [0.3, 0.4) is 0 Å². The second-order valence-electron chi connectivity index (χ2n) is 6.12.